The number of anilines is 2. The van der Waals surface area contributed by atoms with Gasteiger partial charge in [0.05, 0.1) is 17.9 Å². The number of nitrogens with two attached hydrogens (primary N) is 1. The molecule has 2 aromatic rings. The molecule has 1 unspecified atom stereocenters. The number of aromatic nitrogens is 2. The van der Waals surface area contributed by atoms with E-state index >= 15 is 0 Å². The zero-order valence-electron chi connectivity index (χ0n) is 14.9. The highest BCUT2D eigenvalue weighted by atomic mass is 16.2. The molecule has 1 atom stereocenters. The normalized spacial score (nSPS) is 19.9. The summed E-state index contributed by atoms with van der Waals surface area (Å²) in [5.74, 6) is -0.191. The van der Waals surface area contributed by atoms with E-state index in [4.69, 9.17) is 5.73 Å². The minimum atomic E-state index is -0.673. The molecular formula is C19H22N6O2. The molecule has 0 bridgehead atoms. The highest BCUT2D eigenvalue weighted by Crippen LogP contribution is 2.31. The average molecular weight is 366 g/mol. The molecule has 8 heteroatoms. The summed E-state index contributed by atoms with van der Waals surface area (Å²) in [5, 5.41) is 13.1. The molecule has 2 amide bonds. The van der Waals surface area contributed by atoms with Crippen LogP contribution < -0.4 is 16.1 Å². The highest BCUT2D eigenvalue weighted by Gasteiger charge is 2.35. The fourth-order valence-electron chi connectivity index (χ4n) is 3.73. The minimum Gasteiger partial charge on any atom is -0.368 e. The lowest BCUT2D eigenvalue weighted by molar-refractivity contribution is -0.119. The first-order chi connectivity index (χ1) is 13.1. The van der Waals surface area contributed by atoms with E-state index in [1.54, 1.807) is 12.3 Å². The summed E-state index contributed by atoms with van der Waals surface area (Å²) < 4.78 is 1.88. The number of hydrogen-bond acceptors (Lipinski definition) is 5. The van der Waals surface area contributed by atoms with E-state index < -0.39 is 11.9 Å². The van der Waals surface area contributed by atoms with Crippen molar-refractivity contribution < 1.29 is 9.59 Å². The van der Waals surface area contributed by atoms with Gasteiger partial charge in [-0.05, 0) is 25.0 Å². The molecule has 0 spiro atoms. The van der Waals surface area contributed by atoms with E-state index in [-0.39, 0.29) is 18.0 Å². The maximum Gasteiger partial charge on any atom is 0.273 e. The van der Waals surface area contributed by atoms with Gasteiger partial charge in [-0.1, -0.05) is 31.0 Å². The molecule has 0 radical (unpaired) electrons. The van der Waals surface area contributed by atoms with Gasteiger partial charge in [-0.2, -0.15) is 10.2 Å². The Morgan fingerprint density at radius 1 is 1.11 bits per heavy atom. The van der Waals surface area contributed by atoms with Crippen LogP contribution in [0.15, 0.2) is 47.7 Å². The Morgan fingerprint density at radius 2 is 1.85 bits per heavy atom. The van der Waals surface area contributed by atoms with E-state index in [9.17, 15) is 9.59 Å². The van der Waals surface area contributed by atoms with Gasteiger partial charge in [0, 0.05) is 12.5 Å². The molecule has 1 fully saturated rings. The maximum atomic E-state index is 12.8. The number of nitrogens with one attached hydrogen (secondary N) is 1. The van der Waals surface area contributed by atoms with Crippen molar-refractivity contribution >= 4 is 29.0 Å². The summed E-state index contributed by atoms with van der Waals surface area (Å²) in [4.78, 5) is 24.6. The van der Waals surface area contributed by atoms with Crippen LogP contribution in [0, 0.1) is 0 Å². The Labute approximate surface area is 157 Å². The lowest BCUT2D eigenvalue weighted by atomic mass is 10.1. The third-order valence-electron chi connectivity index (χ3n) is 5.10. The second kappa shape index (κ2) is 7.22. The predicted molar refractivity (Wildman–Crippen MR) is 102 cm³/mol. The Balaban J connectivity index is 1.54. The zero-order valence-corrected chi connectivity index (χ0v) is 14.9. The Kier molecular flexibility index (Phi) is 4.62. The van der Waals surface area contributed by atoms with Crippen LogP contribution in [-0.4, -0.2) is 33.3 Å². The van der Waals surface area contributed by atoms with Crippen molar-refractivity contribution in [1.82, 2.24) is 9.78 Å². The maximum absolute atomic E-state index is 12.8. The van der Waals surface area contributed by atoms with Crippen molar-refractivity contribution in [3.8, 4) is 0 Å². The number of amides is 2. The van der Waals surface area contributed by atoms with E-state index in [0.29, 0.717) is 11.9 Å². The minimum absolute atomic E-state index is 0.174. The SMILES string of the molecule is NC(=O)C1CC(C(=O)Nc2ccnn2C2CCCC2)=NN1c1ccccc1. The molecule has 2 heterocycles. The van der Waals surface area contributed by atoms with Gasteiger partial charge >= 0.3 is 0 Å². The van der Waals surface area contributed by atoms with Crippen LogP contribution in [0.1, 0.15) is 38.1 Å². The van der Waals surface area contributed by atoms with Gasteiger partial charge in [0.25, 0.3) is 5.91 Å². The molecule has 3 N–H and O–H groups in total. The highest BCUT2D eigenvalue weighted by molar-refractivity contribution is 6.44. The third kappa shape index (κ3) is 3.42. The van der Waals surface area contributed by atoms with E-state index in [1.165, 1.54) is 17.9 Å². The molecule has 4 rings (SSSR count). The summed E-state index contributed by atoms with van der Waals surface area (Å²) in [7, 11) is 0. The topological polar surface area (TPSA) is 106 Å². The van der Waals surface area contributed by atoms with Crippen LogP contribution in [0.5, 0.6) is 0 Å². The van der Waals surface area contributed by atoms with Gasteiger partial charge in [-0.15, -0.1) is 0 Å². The first-order valence-corrected chi connectivity index (χ1v) is 9.19. The Bertz CT molecular complexity index is 869. The molecule has 1 aromatic carbocycles. The molecule has 1 saturated carbocycles. The number of benzene rings is 1. The smallest absolute Gasteiger partial charge is 0.273 e. The van der Waals surface area contributed by atoms with Gasteiger partial charge in [0.15, 0.2) is 0 Å². The largest absolute Gasteiger partial charge is 0.368 e. The van der Waals surface area contributed by atoms with Gasteiger partial charge in [-0.25, -0.2) is 4.68 Å². The summed E-state index contributed by atoms with van der Waals surface area (Å²) >= 11 is 0. The number of primary amides is 1. The number of hydrazone groups is 1. The standard InChI is InChI=1S/C19H22N6O2/c20-18(26)16-12-15(23-24(16)13-6-2-1-3-7-13)19(27)22-17-10-11-21-25(17)14-8-4-5-9-14/h1-3,6-7,10-11,14,16H,4-5,8-9,12H2,(H2,20,26)(H,22,27). The Morgan fingerprint density at radius 3 is 2.56 bits per heavy atom. The quantitative estimate of drug-likeness (QED) is 0.845. The van der Waals surface area contributed by atoms with Crippen LogP contribution in [0.4, 0.5) is 11.5 Å². The number of carbonyl (C=O) groups excluding carboxylic acids is 2. The molecule has 8 nitrogen and oxygen atoms in total. The van der Waals surface area contributed by atoms with Crippen molar-refractivity contribution in [3.63, 3.8) is 0 Å². The monoisotopic (exact) mass is 366 g/mol. The van der Waals surface area contributed by atoms with Gasteiger partial charge < -0.3 is 11.1 Å². The predicted octanol–water partition coefficient (Wildman–Crippen LogP) is 2.06. The fraction of sp³-hybridized carbons (Fsp3) is 0.368. The first kappa shape index (κ1) is 17.3. The Hall–Kier alpha value is -3.16. The van der Waals surface area contributed by atoms with Crippen LogP contribution >= 0.6 is 0 Å². The molecule has 1 aromatic heterocycles. The number of rotatable bonds is 5. The van der Waals surface area contributed by atoms with Crippen LogP contribution in [-0.2, 0) is 9.59 Å². The number of hydrogen-bond donors (Lipinski definition) is 2. The fourth-order valence-corrected chi connectivity index (χ4v) is 3.73. The van der Waals surface area contributed by atoms with Crippen molar-refractivity contribution in [1.29, 1.82) is 0 Å². The van der Waals surface area contributed by atoms with E-state index in [2.05, 4.69) is 15.5 Å². The lowest BCUT2D eigenvalue weighted by Gasteiger charge is -2.20. The number of carbonyl (C=O) groups is 2. The molecule has 2 aliphatic rings. The third-order valence-corrected chi connectivity index (χ3v) is 5.10. The van der Waals surface area contributed by atoms with E-state index in [0.717, 1.165) is 18.5 Å². The van der Waals surface area contributed by atoms with Gasteiger partial charge in [0.1, 0.15) is 17.6 Å². The van der Waals surface area contributed by atoms with Crippen LogP contribution in [0.2, 0.25) is 0 Å². The molecular weight excluding hydrogens is 344 g/mol. The van der Waals surface area contributed by atoms with Crippen molar-refractivity contribution in [2.75, 3.05) is 10.3 Å². The second-order valence-electron chi connectivity index (χ2n) is 6.90. The molecule has 1 aliphatic carbocycles. The molecule has 0 saturated heterocycles. The zero-order chi connectivity index (χ0) is 18.8. The summed E-state index contributed by atoms with van der Waals surface area (Å²) in [5.41, 5.74) is 6.53. The average Bonchev–Trinajstić information content (AvgIpc) is 3.42. The van der Waals surface area contributed by atoms with Gasteiger partial charge in [-0.3, -0.25) is 14.6 Å². The van der Waals surface area contributed by atoms with Crippen molar-refractivity contribution in [2.45, 2.75) is 44.2 Å². The van der Waals surface area contributed by atoms with Crippen LogP contribution in [0.25, 0.3) is 0 Å². The second-order valence-corrected chi connectivity index (χ2v) is 6.90. The van der Waals surface area contributed by atoms with E-state index in [1.807, 2.05) is 35.0 Å². The number of nitrogens with zero attached hydrogens (tertiary/aromatic N) is 4. The van der Waals surface area contributed by atoms with Crippen molar-refractivity contribution in [3.05, 3.63) is 42.6 Å². The summed E-state index contributed by atoms with van der Waals surface area (Å²) in [6.45, 7) is 0. The molecule has 1 aliphatic heterocycles. The number of para-hydroxylation sites is 1. The van der Waals surface area contributed by atoms with Gasteiger partial charge in [0.2, 0.25) is 5.91 Å². The lowest BCUT2D eigenvalue weighted by Crippen LogP contribution is -2.39. The van der Waals surface area contributed by atoms with Crippen LogP contribution in [0.3, 0.4) is 0 Å². The molecule has 27 heavy (non-hydrogen) atoms. The summed E-state index contributed by atoms with van der Waals surface area (Å²) in [6.07, 6.45) is 6.35. The van der Waals surface area contributed by atoms with Crippen molar-refractivity contribution in [2.24, 2.45) is 10.8 Å². The first-order valence-electron chi connectivity index (χ1n) is 9.19. The molecule has 140 valence electrons. The summed E-state index contributed by atoms with van der Waals surface area (Å²) in [6, 6.07) is 10.7.